The Morgan fingerprint density at radius 3 is 2.72 bits per heavy atom. The Kier molecular flexibility index (Phi) is 3.71. The third kappa shape index (κ3) is 2.41. The highest BCUT2D eigenvalue weighted by Gasteiger charge is 2.39. The van der Waals surface area contributed by atoms with E-state index in [0.29, 0.717) is 6.54 Å². The summed E-state index contributed by atoms with van der Waals surface area (Å²) in [6.07, 6.45) is 0.129. The normalized spacial score (nSPS) is 21.6. The zero-order valence-electron chi connectivity index (χ0n) is 10.5. The fourth-order valence-corrected chi connectivity index (χ4v) is 3.48. The van der Waals surface area contributed by atoms with E-state index in [2.05, 4.69) is 13.8 Å². The van der Waals surface area contributed by atoms with Crippen LogP contribution in [0.2, 0.25) is 0 Å². The fraction of sp³-hybridized carbons (Fsp3) is 0.538. The standard InChI is InChI=1S/C13H17NO3S/c1-8(2)12(10-4-3-5-18-10)14-7-9(13(16)17)6-11(14)15/h3-5,8-9,12H,6-7H2,1-2H3,(H,16,17). The highest BCUT2D eigenvalue weighted by atomic mass is 32.1. The number of thiophene rings is 1. The summed E-state index contributed by atoms with van der Waals surface area (Å²) in [6.45, 7) is 4.45. The van der Waals surface area contributed by atoms with Gasteiger partial charge in [-0.3, -0.25) is 9.59 Å². The molecule has 5 heteroatoms. The molecule has 98 valence electrons. The summed E-state index contributed by atoms with van der Waals surface area (Å²) >= 11 is 1.62. The maximum absolute atomic E-state index is 12.0. The monoisotopic (exact) mass is 267 g/mol. The van der Waals surface area contributed by atoms with Crippen molar-refractivity contribution in [2.75, 3.05) is 6.54 Å². The predicted octanol–water partition coefficient (Wildman–Crippen LogP) is 2.38. The van der Waals surface area contributed by atoms with Gasteiger partial charge in [-0.05, 0) is 17.4 Å². The minimum Gasteiger partial charge on any atom is -0.481 e. The van der Waals surface area contributed by atoms with Crippen LogP contribution in [-0.2, 0) is 9.59 Å². The number of likely N-dealkylation sites (tertiary alicyclic amines) is 1. The van der Waals surface area contributed by atoms with Crippen molar-refractivity contribution in [3.8, 4) is 0 Å². The Hall–Kier alpha value is -1.36. The molecule has 2 rings (SSSR count). The molecular weight excluding hydrogens is 250 g/mol. The van der Waals surface area contributed by atoms with Gasteiger partial charge >= 0.3 is 5.97 Å². The third-order valence-electron chi connectivity index (χ3n) is 3.31. The van der Waals surface area contributed by atoms with Crippen molar-refractivity contribution in [2.45, 2.75) is 26.3 Å². The number of carboxylic acid groups (broad SMARTS) is 1. The topological polar surface area (TPSA) is 57.6 Å². The van der Waals surface area contributed by atoms with Gasteiger partial charge in [0.2, 0.25) is 5.91 Å². The minimum absolute atomic E-state index is 0.00171. The van der Waals surface area contributed by atoms with Gasteiger partial charge in [0.25, 0.3) is 0 Å². The lowest BCUT2D eigenvalue weighted by Crippen LogP contribution is -2.33. The average molecular weight is 267 g/mol. The molecule has 0 spiro atoms. The van der Waals surface area contributed by atoms with Crippen molar-refractivity contribution < 1.29 is 14.7 Å². The Morgan fingerprint density at radius 2 is 2.28 bits per heavy atom. The van der Waals surface area contributed by atoms with Crippen molar-refractivity contribution >= 4 is 23.2 Å². The lowest BCUT2D eigenvalue weighted by atomic mass is 10.0. The first-order valence-electron chi connectivity index (χ1n) is 6.06. The van der Waals surface area contributed by atoms with Crippen LogP contribution in [0.25, 0.3) is 0 Å². The lowest BCUT2D eigenvalue weighted by Gasteiger charge is -2.30. The summed E-state index contributed by atoms with van der Waals surface area (Å²) in [5, 5.41) is 11.0. The first-order chi connectivity index (χ1) is 8.50. The van der Waals surface area contributed by atoms with Gasteiger partial charge in [-0.15, -0.1) is 11.3 Å². The molecule has 2 unspecified atom stereocenters. The van der Waals surface area contributed by atoms with Crippen LogP contribution in [0, 0.1) is 11.8 Å². The average Bonchev–Trinajstić information content (AvgIpc) is 2.89. The van der Waals surface area contributed by atoms with E-state index in [1.54, 1.807) is 16.2 Å². The van der Waals surface area contributed by atoms with Crippen LogP contribution in [0.4, 0.5) is 0 Å². The molecule has 1 aliphatic rings. The minimum atomic E-state index is -0.875. The van der Waals surface area contributed by atoms with Crippen molar-refractivity contribution in [1.29, 1.82) is 0 Å². The van der Waals surface area contributed by atoms with E-state index in [-0.39, 0.29) is 24.3 Å². The largest absolute Gasteiger partial charge is 0.481 e. The van der Waals surface area contributed by atoms with E-state index >= 15 is 0 Å². The molecule has 0 aliphatic carbocycles. The molecule has 1 aromatic rings. The van der Waals surface area contributed by atoms with Gasteiger partial charge in [0, 0.05) is 17.8 Å². The highest BCUT2D eigenvalue weighted by Crippen LogP contribution is 2.36. The molecular formula is C13H17NO3S. The molecule has 0 radical (unpaired) electrons. The van der Waals surface area contributed by atoms with Gasteiger partial charge < -0.3 is 10.0 Å². The van der Waals surface area contributed by atoms with Crippen LogP contribution >= 0.6 is 11.3 Å². The maximum Gasteiger partial charge on any atom is 0.308 e. The highest BCUT2D eigenvalue weighted by molar-refractivity contribution is 7.10. The second kappa shape index (κ2) is 5.10. The number of carboxylic acids is 1. The van der Waals surface area contributed by atoms with E-state index in [9.17, 15) is 9.59 Å². The number of hydrogen-bond donors (Lipinski definition) is 1. The Balaban J connectivity index is 2.23. The van der Waals surface area contributed by atoms with Crippen molar-refractivity contribution in [3.63, 3.8) is 0 Å². The first kappa shape index (κ1) is 13.1. The molecule has 1 aliphatic heterocycles. The quantitative estimate of drug-likeness (QED) is 0.911. The summed E-state index contributed by atoms with van der Waals surface area (Å²) in [5.74, 6) is -1.20. The first-order valence-corrected chi connectivity index (χ1v) is 6.94. The summed E-state index contributed by atoms with van der Waals surface area (Å²) in [7, 11) is 0. The van der Waals surface area contributed by atoms with E-state index < -0.39 is 11.9 Å². The molecule has 1 aromatic heterocycles. The summed E-state index contributed by atoms with van der Waals surface area (Å²) < 4.78 is 0. The molecule has 0 aromatic carbocycles. The molecule has 0 saturated carbocycles. The van der Waals surface area contributed by atoms with Gasteiger partial charge in [0.15, 0.2) is 0 Å². The number of amides is 1. The van der Waals surface area contributed by atoms with Crippen LogP contribution in [0.1, 0.15) is 31.2 Å². The fourth-order valence-electron chi connectivity index (χ4n) is 2.47. The van der Waals surface area contributed by atoms with Crippen LogP contribution in [0.5, 0.6) is 0 Å². The van der Waals surface area contributed by atoms with Gasteiger partial charge in [-0.25, -0.2) is 0 Å². The predicted molar refractivity (Wildman–Crippen MR) is 69.4 cm³/mol. The van der Waals surface area contributed by atoms with E-state index in [1.807, 2.05) is 17.5 Å². The molecule has 2 heterocycles. The Bertz CT molecular complexity index is 441. The molecule has 4 nitrogen and oxygen atoms in total. The van der Waals surface area contributed by atoms with E-state index in [4.69, 9.17) is 5.11 Å². The smallest absolute Gasteiger partial charge is 0.308 e. The number of hydrogen-bond acceptors (Lipinski definition) is 3. The van der Waals surface area contributed by atoms with Gasteiger partial charge in [0.05, 0.1) is 12.0 Å². The van der Waals surface area contributed by atoms with E-state index in [1.165, 1.54) is 0 Å². The van der Waals surface area contributed by atoms with Gasteiger partial charge in [-0.1, -0.05) is 19.9 Å². The third-order valence-corrected chi connectivity index (χ3v) is 4.25. The van der Waals surface area contributed by atoms with Crippen molar-refractivity contribution in [3.05, 3.63) is 22.4 Å². The number of rotatable bonds is 4. The molecule has 0 bridgehead atoms. The molecule has 18 heavy (non-hydrogen) atoms. The zero-order valence-corrected chi connectivity index (χ0v) is 11.3. The van der Waals surface area contributed by atoms with Crippen LogP contribution < -0.4 is 0 Å². The SMILES string of the molecule is CC(C)C(c1cccs1)N1CC(C(=O)O)CC1=O. The molecule has 1 fully saturated rings. The van der Waals surface area contributed by atoms with E-state index in [0.717, 1.165) is 4.88 Å². The molecule has 1 amide bonds. The van der Waals surface area contributed by atoms with Crippen LogP contribution in [0.15, 0.2) is 17.5 Å². The molecule has 2 atom stereocenters. The van der Waals surface area contributed by atoms with Crippen LogP contribution in [0.3, 0.4) is 0 Å². The second-order valence-electron chi connectivity index (χ2n) is 4.99. The Morgan fingerprint density at radius 1 is 1.56 bits per heavy atom. The van der Waals surface area contributed by atoms with Crippen molar-refractivity contribution in [1.82, 2.24) is 4.90 Å². The summed E-state index contributed by atoms with van der Waals surface area (Å²) in [5.41, 5.74) is 0. The molecule has 1 saturated heterocycles. The summed E-state index contributed by atoms with van der Waals surface area (Å²) in [6, 6.07) is 3.98. The van der Waals surface area contributed by atoms with Crippen molar-refractivity contribution in [2.24, 2.45) is 11.8 Å². The maximum atomic E-state index is 12.0. The summed E-state index contributed by atoms with van der Waals surface area (Å²) in [4.78, 5) is 25.9. The second-order valence-corrected chi connectivity index (χ2v) is 5.97. The zero-order chi connectivity index (χ0) is 13.3. The number of carbonyl (C=O) groups excluding carboxylic acids is 1. The van der Waals surface area contributed by atoms with Gasteiger partial charge in [0.1, 0.15) is 0 Å². The number of nitrogens with zero attached hydrogens (tertiary/aromatic N) is 1. The lowest BCUT2D eigenvalue weighted by molar-refractivity contribution is -0.141. The van der Waals surface area contributed by atoms with Gasteiger partial charge in [-0.2, -0.15) is 0 Å². The Labute approximate surface area is 110 Å². The number of carbonyl (C=O) groups is 2. The number of aliphatic carboxylic acids is 1. The molecule has 1 N–H and O–H groups in total. The van der Waals surface area contributed by atoms with Crippen LogP contribution in [-0.4, -0.2) is 28.4 Å².